The summed E-state index contributed by atoms with van der Waals surface area (Å²) in [7, 11) is 0. The summed E-state index contributed by atoms with van der Waals surface area (Å²) in [6.07, 6.45) is -1.90. The van der Waals surface area contributed by atoms with E-state index < -0.39 is 42.3 Å². The minimum atomic E-state index is -3.16. The van der Waals surface area contributed by atoms with Gasteiger partial charge in [-0.2, -0.15) is 0 Å². The lowest BCUT2D eigenvalue weighted by atomic mass is 9.89. The molecule has 7 heteroatoms. The van der Waals surface area contributed by atoms with Crippen LogP contribution in [0.3, 0.4) is 0 Å². The van der Waals surface area contributed by atoms with Gasteiger partial charge in [0.05, 0.1) is 13.0 Å². The normalized spacial score (nSPS) is 21.8. The topological polar surface area (TPSA) is 63.7 Å². The van der Waals surface area contributed by atoms with Crippen molar-refractivity contribution in [2.75, 3.05) is 13.1 Å². The molecule has 1 rings (SSSR count). The van der Waals surface area contributed by atoms with Crippen LogP contribution in [-0.4, -0.2) is 47.2 Å². The first-order valence-corrected chi connectivity index (χ1v) is 6.77. The second-order valence-electron chi connectivity index (χ2n) is 6.46. The van der Waals surface area contributed by atoms with Gasteiger partial charge in [-0.3, -0.25) is 9.59 Å². The third kappa shape index (κ3) is 5.77. The van der Waals surface area contributed by atoms with Crippen molar-refractivity contribution in [3.05, 3.63) is 0 Å². The van der Waals surface area contributed by atoms with E-state index in [0.717, 1.165) is 4.90 Å². The lowest BCUT2D eigenvalue weighted by molar-refractivity contribution is -0.137. The van der Waals surface area contributed by atoms with Gasteiger partial charge in [-0.15, -0.1) is 0 Å². The maximum atomic E-state index is 13.7. The van der Waals surface area contributed by atoms with Gasteiger partial charge < -0.3 is 9.64 Å². The summed E-state index contributed by atoms with van der Waals surface area (Å²) in [5, 5.41) is 0. The number of hydrogen-bond donors (Lipinski definition) is 0. The number of nitrogens with zero attached hydrogens (tertiary/aromatic N) is 1. The van der Waals surface area contributed by atoms with Crippen molar-refractivity contribution in [2.45, 2.75) is 52.1 Å². The third-order valence-electron chi connectivity index (χ3n) is 2.94. The zero-order valence-corrected chi connectivity index (χ0v) is 12.7. The van der Waals surface area contributed by atoms with E-state index in [0.29, 0.717) is 0 Å². The molecule has 0 aliphatic carbocycles. The van der Waals surface area contributed by atoms with Crippen molar-refractivity contribution < 1.29 is 27.9 Å². The summed E-state index contributed by atoms with van der Waals surface area (Å²) in [5.74, 6) is -5.13. The first-order chi connectivity index (χ1) is 9.39. The fraction of sp³-hybridized carbons (Fsp3) is 0.786. The third-order valence-corrected chi connectivity index (χ3v) is 2.94. The van der Waals surface area contributed by atoms with Gasteiger partial charge in [0.1, 0.15) is 17.2 Å². The Bertz CT molecular complexity index is 443. The van der Waals surface area contributed by atoms with Gasteiger partial charge in [0, 0.05) is 18.9 Å². The second kappa shape index (κ2) is 6.07. The van der Waals surface area contributed by atoms with Crippen LogP contribution in [0.2, 0.25) is 0 Å². The molecule has 1 heterocycles. The molecule has 1 fully saturated rings. The van der Waals surface area contributed by atoms with E-state index in [1.807, 2.05) is 0 Å². The molecule has 1 amide bonds. The molecular weight excluding hydrogens is 284 g/mol. The molecule has 1 aliphatic rings. The van der Waals surface area contributed by atoms with E-state index in [2.05, 4.69) is 0 Å². The number of amides is 1. The Labute approximate surface area is 122 Å². The molecule has 120 valence electrons. The number of hydrogen-bond acceptors (Lipinski definition) is 4. The van der Waals surface area contributed by atoms with E-state index in [9.17, 15) is 23.2 Å². The fourth-order valence-electron chi connectivity index (χ4n) is 2.17. The summed E-state index contributed by atoms with van der Waals surface area (Å²) in [4.78, 5) is 35.5. The Morgan fingerprint density at radius 3 is 2.33 bits per heavy atom. The molecule has 0 bridgehead atoms. The molecule has 1 atom stereocenters. The van der Waals surface area contributed by atoms with Crippen LogP contribution in [0.15, 0.2) is 0 Å². The average Bonchev–Trinajstić information content (AvgIpc) is 2.23. The number of rotatable bonds is 3. The Morgan fingerprint density at radius 1 is 1.29 bits per heavy atom. The zero-order chi connectivity index (χ0) is 16.4. The number of alkyl halides is 2. The number of halogens is 2. The Morgan fingerprint density at radius 2 is 1.86 bits per heavy atom. The molecule has 5 nitrogen and oxygen atoms in total. The van der Waals surface area contributed by atoms with E-state index in [-0.39, 0.29) is 18.7 Å². The number of Topliss-reactive ketones (excluding diaryl/α,β-unsaturated/α-hetero) is 2. The van der Waals surface area contributed by atoms with Gasteiger partial charge in [0.15, 0.2) is 0 Å². The van der Waals surface area contributed by atoms with E-state index in [1.165, 1.54) is 6.92 Å². The fourth-order valence-corrected chi connectivity index (χ4v) is 2.17. The standard InChI is InChI=1S/C14H21F2NO4/c1-9(18)5-11(19)10-6-14(15,16)8-17(7-10)12(20)21-13(2,3)4/h10H,5-8H2,1-4H3/t10-/m1/s1. The summed E-state index contributed by atoms with van der Waals surface area (Å²) in [6, 6.07) is 0. The zero-order valence-electron chi connectivity index (χ0n) is 12.7. The van der Waals surface area contributed by atoms with Gasteiger partial charge >= 0.3 is 6.09 Å². The summed E-state index contributed by atoms with van der Waals surface area (Å²) >= 11 is 0. The molecule has 0 spiro atoms. The van der Waals surface area contributed by atoms with Crippen LogP contribution in [0.4, 0.5) is 13.6 Å². The first kappa shape index (κ1) is 17.5. The molecule has 0 unspecified atom stereocenters. The number of carbonyl (C=O) groups is 3. The second-order valence-corrected chi connectivity index (χ2v) is 6.46. The van der Waals surface area contributed by atoms with E-state index in [1.54, 1.807) is 20.8 Å². The van der Waals surface area contributed by atoms with Gasteiger partial charge in [0.2, 0.25) is 0 Å². The predicted octanol–water partition coefficient (Wildman–Crippen LogP) is 2.43. The maximum absolute atomic E-state index is 13.7. The van der Waals surface area contributed by atoms with Gasteiger partial charge in [-0.1, -0.05) is 0 Å². The van der Waals surface area contributed by atoms with Crippen molar-refractivity contribution in [1.29, 1.82) is 0 Å². The van der Waals surface area contributed by atoms with Crippen LogP contribution in [-0.2, 0) is 14.3 Å². The lowest BCUT2D eigenvalue weighted by Crippen LogP contribution is -2.52. The largest absolute Gasteiger partial charge is 0.444 e. The first-order valence-electron chi connectivity index (χ1n) is 6.77. The van der Waals surface area contributed by atoms with Crippen LogP contribution < -0.4 is 0 Å². The van der Waals surface area contributed by atoms with Crippen LogP contribution >= 0.6 is 0 Å². The smallest absolute Gasteiger partial charge is 0.410 e. The Hall–Kier alpha value is -1.53. The lowest BCUT2D eigenvalue weighted by Gasteiger charge is -2.37. The molecule has 0 aromatic carbocycles. The van der Waals surface area contributed by atoms with Gasteiger partial charge in [-0.05, 0) is 27.7 Å². The Balaban J connectivity index is 2.81. The molecule has 0 radical (unpaired) electrons. The summed E-state index contributed by atoms with van der Waals surface area (Å²) in [6.45, 7) is 5.20. The van der Waals surface area contributed by atoms with Crippen LogP contribution in [0.1, 0.15) is 40.5 Å². The number of ether oxygens (including phenoxy) is 1. The Kier molecular flexibility index (Phi) is 5.07. The van der Waals surface area contributed by atoms with Crippen molar-refractivity contribution in [3.8, 4) is 0 Å². The minimum Gasteiger partial charge on any atom is -0.444 e. The molecule has 0 aromatic heterocycles. The highest BCUT2D eigenvalue weighted by molar-refractivity contribution is 5.99. The number of ketones is 2. The maximum Gasteiger partial charge on any atom is 0.410 e. The van der Waals surface area contributed by atoms with E-state index >= 15 is 0 Å². The van der Waals surface area contributed by atoms with Crippen molar-refractivity contribution in [3.63, 3.8) is 0 Å². The van der Waals surface area contributed by atoms with Crippen LogP contribution in [0, 0.1) is 5.92 Å². The van der Waals surface area contributed by atoms with Crippen molar-refractivity contribution >= 4 is 17.7 Å². The molecule has 1 saturated heterocycles. The number of likely N-dealkylation sites (tertiary alicyclic amines) is 1. The predicted molar refractivity (Wildman–Crippen MR) is 71.2 cm³/mol. The number of carbonyl (C=O) groups excluding carboxylic acids is 3. The van der Waals surface area contributed by atoms with Crippen molar-refractivity contribution in [2.24, 2.45) is 5.92 Å². The molecule has 0 N–H and O–H groups in total. The molecule has 21 heavy (non-hydrogen) atoms. The highest BCUT2D eigenvalue weighted by Crippen LogP contribution is 2.32. The van der Waals surface area contributed by atoms with Crippen LogP contribution in [0.5, 0.6) is 0 Å². The number of piperidine rings is 1. The summed E-state index contributed by atoms with van der Waals surface area (Å²) in [5.41, 5.74) is -0.803. The monoisotopic (exact) mass is 305 g/mol. The highest BCUT2D eigenvalue weighted by Gasteiger charge is 2.45. The van der Waals surface area contributed by atoms with E-state index in [4.69, 9.17) is 4.74 Å². The van der Waals surface area contributed by atoms with Gasteiger partial charge in [0.25, 0.3) is 5.92 Å². The highest BCUT2D eigenvalue weighted by atomic mass is 19.3. The van der Waals surface area contributed by atoms with Crippen LogP contribution in [0.25, 0.3) is 0 Å². The summed E-state index contributed by atoms with van der Waals surface area (Å²) < 4.78 is 32.5. The molecule has 0 aromatic rings. The molecule has 0 saturated carbocycles. The molecule has 1 aliphatic heterocycles. The van der Waals surface area contributed by atoms with Gasteiger partial charge in [-0.25, -0.2) is 13.6 Å². The van der Waals surface area contributed by atoms with Crippen molar-refractivity contribution in [1.82, 2.24) is 4.90 Å². The SMILES string of the molecule is CC(=O)CC(=O)[C@H]1CN(C(=O)OC(C)(C)C)CC(F)(F)C1. The minimum absolute atomic E-state index is 0.142. The average molecular weight is 305 g/mol. The molecular formula is C14H21F2NO4. The quantitative estimate of drug-likeness (QED) is 0.751.